The van der Waals surface area contributed by atoms with Gasteiger partial charge in [0.1, 0.15) is 17.7 Å². The molecule has 1 aromatic carbocycles. The maximum Gasteiger partial charge on any atom is 0.217 e. The molecule has 0 bridgehead atoms. The van der Waals surface area contributed by atoms with E-state index in [1.165, 1.54) is 19.1 Å². The van der Waals surface area contributed by atoms with E-state index in [2.05, 4.69) is 10.3 Å². The topological polar surface area (TPSA) is 51.2 Å². The fourth-order valence-corrected chi connectivity index (χ4v) is 2.50. The number of carbonyl (C=O) groups excluding carboxylic acids is 1. The third-order valence-electron chi connectivity index (χ3n) is 3.41. The molecule has 1 aliphatic rings. The first-order valence-corrected chi connectivity index (χ1v) is 6.77. The van der Waals surface area contributed by atoms with Crippen LogP contribution in [0, 0.1) is 5.82 Å². The van der Waals surface area contributed by atoms with E-state index < -0.39 is 0 Å². The summed E-state index contributed by atoms with van der Waals surface area (Å²) in [6.07, 6.45) is 3.77. The lowest BCUT2D eigenvalue weighted by atomic mass is 10.0. The van der Waals surface area contributed by atoms with Gasteiger partial charge in [0.15, 0.2) is 0 Å². The average Bonchev–Trinajstić information content (AvgIpc) is 2.88. The fraction of sp³-hybridized carbons (Fsp3) is 0.250. The van der Waals surface area contributed by atoms with Crippen LogP contribution in [-0.2, 0) is 11.2 Å². The van der Waals surface area contributed by atoms with Gasteiger partial charge in [0, 0.05) is 42.4 Å². The van der Waals surface area contributed by atoms with Crippen molar-refractivity contribution in [1.29, 1.82) is 0 Å². The molecule has 1 atom stereocenters. The highest BCUT2D eigenvalue weighted by atomic mass is 19.1. The molecule has 2 aromatic rings. The molecule has 3 rings (SSSR count). The van der Waals surface area contributed by atoms with Gasteiger partial charge >= 0.3 is 0 Å². The molecular formula is C16H15FN2O2. The molecule has 5 heteroatoms. The van der Waals surface area contributed by atoms with E-state index in [-0.39, 0.29) is 17.8 Å². The quantitative estimate of drug-likeness (QED) is 0.942. The van der Waals surface area contributed by atoms with E-state index >= 15 is 0 Å². The molecule has 0 saturated carbocycles. The summed E-state index contributed by atoms with van der Waals surface area (Å²) in [4.78, 5) is 15.0. The molecule has 0 radical (unpaired) electrons. The number of amides is 1. The van der Waals surface area contributed by atoms with Crippen LogP contribution in [0.3, 0.4) is 0 Å². The van der Waals surface area contributed by atoms with Crippen LogP contribution in [0.1, 0.15) is 12.5 Å². The van der Waals surface area contributed by atoms with Crippen LogP contribution in [0.5, 0.6) is 5.75 Å². The number of carbonyl (C=O) groups is 1. The van der Waals surface area contributed by atoms with Gasteiger partial charge in [0.05, 0.1) is 6.54 Å². The van der Waals surface area contributed by atoms with Crippen LogP contribution in [0.2, 0.25) is 0 Å². The minimum absolute atomic E-state index is 0.104. The van der Waals surface area contributed by atoms with E-state index in [4.69, 9.17) is 4.74 Å². The van der Waals surface area contributed by atoms with Crippen molar-refractivity contribution in [2.24, 2.45) is 0 Å². The summed E-state index contributed by atoms with van der Waals surface area (Å²) >= 11 is 0. The third-order valence-corrected chi connectivity index (χ3v) is 3.41. The highest BCUT2D eigenvalue weighted by molar-refractivity contribution is 5.74. The zero-order chi connectivity index (χ0) is 14.8. The van der Waals surface area contributed by atoms with Crippen molar-refractivity contribution in [2.75, 3.05) is 6.54 Å². The second-order valence-corrected chi connectivity index (χ2v) is 5.06. The SMILES string of the molecule is CC(=O)NCC1Cc2cc(F)cc(-c3cccnc3)c2O1. The Morgan fingerprint density at radius 2 is 2.38 bits per heavy atom. The summed E-state index contributed by atoms with van der Waals surface area (Å²) in [6, 6.07) is 6.61. The zero-order valence-corrected chi connectivity index (χ0v) is 11.6. The summed E-state index contributed by atoms with van der Waals surface area (Å²) in [5, 5.41) is 2.73. The lowest BCUT2D eigenvalue weighted by molar-refractivity contribution is -0.119. The predicted octanol–water partition coefficient (Wildman–Crippen LogP) is 2.33. The van der Waals surface area contributed by atoms with Crippen LogP contribution in [-0.4, -0.2) is 23.5 Å². The molecule has 1 aromatic heterocycles. The molecule has 0 aliphatic carbocycles. The van der Waals surface area contributed by atoms with Crippen molar-refractivity contribution in [3.63, 3.8) is 0 Å². The Hall–Kier alpha value is -2.43. The summed E-state index contributed by atoms with van der Waals surface area (Å²) in [5.41, 5.74) is 2.33. The molecule has 0 saturated heterocycles. The maximum atomic E-state index is 13.8. The molecular weight excluding hydrogens is 271 g/mol. The Morgan fingerprint density at radius 1 is 1.52 bits per heavy atom. The first-order chi connectivity index (χ1) is 10.1. The second-order valence-electron chi connectivity index (χ2n) is 5.06. The highest BCUT2D eigenvalue weighted by Crippen LogP contribution is 2.39. The van der Waals surface area contributed by atoms with Crippen molar-refractivity contribution >= 4 is 5.91 Å². The van der Waals surface area contributed by atoms with Crippen molar-refractivity contribution in [1.82, 2.24) is 10.3 Å². The van der Waals surface area contributed by atoms with Gasteiger partial charge in [-0.3, -0.25) is 9.78 Å². The third kappa shape index (κ3) is 2.86. The van der Waals surface area contributed by atoms with Crippen LogP contribution in [0.25, 0.3) is 11.1 Å². The Bertz CT molecular complexity index is 673. The monoisotopic (exact) mass is 286 g/mol. The number of benzene rings is 1. The molecule has 1 amide bonds. The lowest BCUT2D eigenvalue weighted by Crippen LogP contribution is -2.32. The Balaban J connectivity index is 1.91. The molecule has 0 spiro atoms. The molecule has 108 valence electrons. The normalized spacial score (nSPS) is 16.2. The van der Waals surface area contributed by atoms with E-state index in [1.54, 1.807) is 18.5 Å². The van der Waals surface area contributed by atoms with Gasteiger partial charge in [-0.1, -0.05) is 6.07 Å². The van der Waals surface area contributed by atoms with Gasteiger partial charge in [-0.15, -0.1) is 0 Å². The largest absolute Gasteiger partial charge is 0.487 e. The van der Waals surface area contributed by atoms with Gasteiger partial charge in [-0.2, -0.15) is 0 Å². The number of nitrogens with one attached hydrogen (secondary N) is 1. The maximum absolute atomic E-state index is 13.8. The van der Waals surface area contributed by atoms with E-state index in [0.29, 0.717) is 24.3 Å². The van der Waals surface area contributed by atoms with Crippen molar-refractivity contribution in [2.45, 2.75) is 19.4 Å². The van der Waals surface area contributed by atoms with Gasteiger partial charge in [-0.05, 0) is 18.2 Å². The number of hydrogen-bond donors (Lipinski definition) is 1. The number of rotatable bonds is 3. The van der Waals surface area contributed by atoms with Crippen LogP contribution < -0.4 is 10.1 Å². The summed E-state index contributed by atoms with van der Waals surface area (Å²) in [7, 11) is 0. The van der Waals surface area contributed by atoms with Crippen molar-refractivity contribution in [3.8, 4) is 16.9 Å². The van der Waals surface area contributed by atoms with Gasteiger partial charge < -0.3 is 10.1 Å². The van der Waals surface area contributed by atoms with Crippen molar-refractivity contribution < 1.29 is 13.9 Å². The average molecular weight is 286 g/mol. The second kappa shape index (κ2) is 5.52. The fourth-order valence-electron chi connectivity index (χ4n) is 2.50. The van der Waals surface area contributed by atoms with Crippen LogP contribution in [0.15, 0.2) is 36.7 Å². The highest BCUT2D eigenvalue weighted by Gasteiger charge is 2.27. The minimum Gasteiger partial charge on any atom is -0.487 e. The summed E-state index contributed by atoms with van der Waals surface area (Å²) in [6.45, 7) is 1.88. The minimum atomic E-state index is -0.295. The molecule has 1 unspecified atom stereocenters. The smallest absolute Gasteiger partial charge is 0.217 e. The number of aromatic nitrogens is 1. The van der Waals surface area contributed by atoms with Gasteiger partial charge in [-0.25, -0.2) is 4.39 Å². The molecule has 21 heavy (non-hydrogen) atoms. The molecule has 1 aliphatic heterocycles. The molecule has 0 fully saturated rings. The van der Waals surface area contributed by atoms with Crippen LogP contribution >= 0.6 is 0 Å². The first kappa shape index (κ1) is 13.5. The first-order valence-electron chi connectivity index (χ1n) is 6.77. The lowest BCUT2D eigenvalue weighted by Gasteiger charge is -2.12. The van der Waals surface area contributed by atoms with E-state index in [0.717, 1.165) is 11.1 Å². The Labute approximate surface area is 122 Å². The Morgan fingerprint density at radius 3 is 3.10 bits per heavy atom. The van der Waals surface area contributed by atoms with Crippen molar-refractivity contribution in [3.05, 3.63) is 48.0 Å². The van der Waals surface area contributed by atoms with E-state index in [1.807, 2.05) is 6.07 Å². The predicted molar refractivity (Wildman–Crippen MR) is 76.4 cm³/mol. The van der Waals surface area contributed by atoms with Gasteiger partial charge in [0.2, 0.25) is 5.91 Å². The Kier molecular flexibility index (Phi) is 3.56. The summed E-state index contributed by atoms with van der Waals surface area (Å²) in [5.74, 6) is 0.282. The number of halogens is 1. The molecule has 1 N–H and O–H groups in total. The zero-order valence-electron chi connectivity index (χ0n) is 11.6. The number of fused-ring (bicyclic) bond motifs is 1. The standard InChI is InChI=1S/C16H15FN2O2/c1-10(20)19-9-14-6-12-5-13(17)7-15(16(12)21-14)11-3-2-4-18-8-11/h2-5,7-8,14H,6,9H2,1H3,(H,19,20). The number of nitrogens with zero attached hydrogens (tertiary/aromatic N) is 1. The number of pyridine rings is 1. The van der Waals surface area contributed by atoms with Gasteiger partial charge in [0.25, 0.3) is 0 Å². The summed E-state index contributed by atoms with van der Waals surface area (Å²) < 4.78 is 19.7. The number of ether oxygens (including phenoxy) is 1. The van der Waals surface area contributed by atoms with Crippen LogP contribution in [0.4, 0.5) is 4.39 Å². The van der Waals surface area contributed by atoms with E-state index in [9.17, 15) is 9.18 Å². The molecule has 4 nitrogen and oxygen atoms in total. The molecule has 2 heterocycles. The number of hydrogen-bond acceptors (Lipinski definition) is 3.